The van der Waals surface area contributed by atoms with Gasteiger partial charge in [-0.2, -0.15) is 0 Å². The smallest absolute Gasteiger partial charge is 0.323 e. The number of nitrogens with zero attached hydrogens (tertiary/aromatic N) is 2. The molecule has 0 aliphatic heterocycles. The third-order valence-electron chi connectivity index (χ3n) is 4.71. The summed E-state index contributed by atoms with van der Waals surface area (Å²) < 4.78 is 12.6. The normalized spacial score (nSPS) is 10.6. The van der Waals surface area contributed by atoms with Crippen molar-refractivity contribution in [3.8, 4) is 22.8 Å². The van der Waals surface area contributed by atoms with Gasteiger partial charge in [0.1, 0.15) is 5.65 Å². The summed E-state index contributed by atoms with van der Waals surface area (Å²) in [5, 5.41) is 5.60. The summed E-state index contributed by atoms with van der Waals surface area (Å²) in [5.74, 6) is 1.01. The number of benzene rings is 2. The number of amides is 2. The molecule has 2 aromatic heterocycles. The van der Waals surface area contributed by atoms with Crippen molar-refractivity contribution in [2.75, 3.05) is 24.9 Å². The lowest BCUT2D eigenvalue weighted by atomic mass is 10.1. The molecule has 0 aliphatic rings. The third kappa shape index (κ3) is 3.91. The van der Waals surface area contributed by atoms with Gasteiger partial charge < -0.3 is 24.5 Å². The van der Waals surface area contributed by atoms with E-state index >= 15 is 0 Å². The second-order valence-corrected chi connectivity index (χ2v) is 6.79. The van der Waals surface area contributed by atoms with Crippen LogP contribution < -0.4 is 20.1 Å². The first-order chi connectivity index (χ1) is 14.6. The number of hydrogen-bond acceptors (Lipinski definition) is 4. The van der Waals surface area contributed by atoms with Crippen molar-refractivity contribution < 1.29 is 14.3 Å². The molecule has 2 N–H and O–H groups in total. The number of hydrogen-bond donors (Lipinski definition) is 2. The van der Waals surface area contributed by atoms with Crippen LogP contribution in [0, 0.1) is 6.92 Å². The fraction of sp³-hybridized carbons (Fsp3) is 0.130. The zero-order chi connectivity index (χ0) is 21.1. The van der Waals surface area contributed by atoms with E-state index in [1.54, 1.807) is 25.3 Å². The average molecular weight is 402 g/mol. The number of carbonyl (C=O) groups excluding carboxylic acids is 1. The Morgan fingerprint density at radius 3 is 2.53 bits per heavy atom. The monoisotopic (exact) mass is 402 g/mol. The largest absolute Gasteiger partial charge is 0.493 e. The summed E-state index contributed by atoms with van der Waals surface area (Å²) in [5.41, 5.74) is 5.09. The molecule has 7 heteroatoms. The van der Waals surface area contributed by atoms with Gasteiger partial charge in [0.25, 0.3) is 0 Å². The highest BCUT2D eigenvalue weighted by atomic mass is 16.5. The maximum Gasteiger partial charge on any atom is 0.323 e. The van der Waals surface area contributed by atoms with Crippen LogP contribution in [0.1, 0.15) is 5.56 Å². The van der Waals surface area contributed by atoms with Gasteiger partial charge in [-0.25, -0.2) is 9.78 Å². The summed E-state index contributed by atoms with van der Waals surface area (Å²) >= 11 is 0. The molecule has 0 saturated carbocycles. The van der Waals surface area contributed by atoms with E-state index in [1.165, 1.54) is 7.11 Å². The van der Waals surface area contributed by atoms with Gasteiger partial charge in [0.2, 0.25) is 0 Å². The molecule has 4 aromatic rings. The fourth-order valence-corrected chi connectivity index (χ4v) is 3.22. The van der Waals surface area contributed by atoms with Crippen LogP contribution in [-0.2, 0) is 0 Å². The van der Waals surface area contributed by atoms with E-state index in [2.05, 4.69) is 15.6 Å². The Morgan fingerprint density at radius 1 is 1.00 bits per heavy atom. The van der Waals surface area contributed by atoms with Gasteiger partial charge in [-0.15, -0.1) is 0 Å². The number of carbonyl (C=O) groups is 1. The number of urea groups is 1. The van der Waals surface area contributed by atoms with Gasteiger partial charge in [-0.1, -0.05) is 18.2 Å². The second kappa shape index (κ2) is 8.16. The summed E-state index contributed by atoms with van der Waals surface area (Å²) in [4.78, 5) is 17.1. The Kier molecular flexibility index (Phi) is 5.26. The van der Waals surface area contributed by atoms with Gasteiger partial charge >= 0.3 is 6.03 Å². The van der Waals surface area contributed by atoms with E-state index in [9.17, 15) is 4.79 Å². The van der Waals surface area contributed by atoms with E-state index in [-0.39, 0.29) is 6.03 Å². The minimum Gasteiger partial charge on any atom is -0.493 e. The van der Waals surface area contributed by atoms with Crippen LogP contribution in [0.5, 0.6) is 11.5 Å². The number of para-hydroxylation sites is 1. The lowest BCUT2D eigenvalue weighted by molar-refractivity contribution is 0.262. The van der Waals surface area contributed by atoms with Crippen molar-refractivity contribution in [1.29, 1.82) is 0 Å². The fourth-order valence-electron chi connectivity index (χ4n) is 3.22. The molecule has 0 aliphatic carbocycles. The summed E-state index contributed by atoms with van der Waals surface area (Å²) in [6.45, 7) is 2.04. The number of anilines is 2. The average Bonchev–Trinajstić information content (AvgIpc) is 3.17. The Balaban J connectivity index is 1.47. The number of aryl methyl sites for hydroxylation is 1. The zero-order valence-corrected chi connectivity index (χ0v) is 17.0. The summed E-state index contributed by atoms with van der Waals surface area (Å²) in [6, 6.07) is 16.5. The first kappa shape index (κ1) is 19.3. The highest BCUT2D eigenvalue weighted by molar-refractivity contribution is 6.01. The third-order valence-corrected chi connectivity index (χ3v) is 4.71. The van der Waals surface area contributed by atoms with Crippen LogP contribution in [0.2, 0.25) is 0 Å². The van der Waals surface area contributed by atoms with Crippen LogP contribution in [0.4, 0.5) is 16.2 Å². The van der Waals surface area contributed by atoms with E-state index in [0.717, 1.165) is 22.5 Å². The molecular weight excluding hydrogens is 380 g/mol. The van der Waals surface area contributed by atoms with E-state index in [1.807, 2.05) is 60.1 Å². The van der Waals surface area contributed by atoms with Gasteiger partial charge in [0.15, 0.2) is 11.5 Å². The molecule has 7 nitrogen and oxygen atoms in total. The molecule has 0 fully saturated rings. The van der Waals surface area contributed by atoms with Gasteiger partial charge in [-0.05, 0) is 48.9 Å². The van der Waals surface area contributed by atoms with Gasteiger partial charge in [0, 0.05) is 23.6 Å². The minimum atomic E-state index is -0.377. The predicted octanol–water partition coefficient (Wildman–Crippen LogP) is 4.97. The van der Waals surface area contributed by atoms with Crippen molar-refractivity contribution in [2.45, 2.75) is 6.92 Å². The molecule has 2 amide bonds. The molecule has 152 valence electrons. The number of imidazole rings is 1. The molecule has 0 atom stereocenters. The number of nitrogens with one attached hydrogen (secondary N) is 2. The number of rotatable bonds is 5. The maximum atomic E-state index is 12.4. The van der Waals surface area contributed by atoms with Crippen molar-refractivity contribution in [3.63, 3.8) is 0 Å². The molecular formula is C23H22N4O3. The Morgan fingerprint density at radius 2 is 1.80 bits per heavy atom. The number of aromatic nitrogens is 2. The molecule has 4 rings (SSSR count). The van der Waals surface area contributed by atoms with E-state index in [4.69, 9.17) is 9.47 Å². The molecule has 0 bridgehead atoms. The lowest BCUT2D eigenvalue weighted by Gasteiger charge is -2.14. The van der Waals surface area contributed by atoms with Crippen molar-refractivity contribution >= 4 is 23.1 Å². The molecule has 0 spiro atoms. The highest BCUT2D eigenvalue weighted by Crippen LogP contribution is 2.34. The summed E-state index contributed by atoms with van der Waals surface area (Å²) in [6.07, 6.45) is 3.98. The Labute approximate surface area is 174 Å². The number of ether oxygens (including phenoxy) is 2. The van der Waals surface area contributed by atoms with Crippen LogP contribution in [0.3, 0.4) is 0 Å². The van der Waals surface area contributed by atoms with Crippen molar-refractivity contribution in [3.05, 3.63) is 72.6 Å². The molecule has 30 heavy (non-hydrogen) atoms. The topological polar surface area (TPSA) is 76.9 Å². The van der Waals surface area contributed by atoms with E-state index < -0.39 is 0 Å². The number of pyridine rings is 1. The van der Waals surface area contributed by atoms with Crippen LogP contribution in [-0.4, -0.2) is 29.6 Å². The summed E-state index contributed by atoms with van der Waals surface area (Å²) in [7, 11) is 3.08. The lowest BCUT2D eigenvalue weighted by Crippen LogP contribution is -2.19. The zero-order valence-electron chi connectivity index (χ0n) is 17.0. The SMILES string of the molecule is COc1cccc(NC(=O)Nc2ccc(-c3cn4ccc(C)cc4n3)cc2)c1OC. The highest BCUT2D eigenvalue weighted by Gasteiger charge is 2.12. The van der Waals surface area contributed by atoms with Crippen LogP contribution in [0.25, 0.3) is 16.9 Å². The van der Waals surface area contributed by atoms with Crippen molar-refractivity contribution in [2.24, 2.45) is 0 Å². The minimum absolute atomic E-state index is 0.377. The molecule has 2 heterocycles. The van der Waals surface area contributed by atoms with E-state index in [0.29, 0.717) is 22.9 Å². The number of fused-ring (bicyclic) bond motifs is 1. The number of methoxy groups -OCH3 is 2. The molecule has 0 radical (unpaired) electrons. The molecule has 2 aromatic carbocycles. The first-order valence-electron chi connectivity index (χ1n) is 9.42. The second-order valence-electron chi connectivity index (χ2n) is 6.79. The van der Waals surface area contributed by atoms with Crippen LogP contribution in [0.15, 0.2) is 67.0 Å². The van der Waals surface area contributed by atoms with Crippen molar-refractivity contribution in [1.82, 2.24) is 9.38 Å². The predicted molar refractivity (Wildman–Crippen MR) is 118 cm³/mol. The van der Waals surface area contributed by atoms with Gasteiger partial charge in [-0.3, -0.25) is 0 Å². The standard InChI is InChI=1S/C23H22N4O3/c1-15-11-12-27-14-19(25-21(27)13-15)16-7-9-17(10-8-16)24-23(28)26-18-5-4-6-20(29-2)22(18)30-3/h4-14H,1-3H3,(H2,24,26,28). The quantitative estimate of drug-likeness (QED) is 0.494. The van der Waals surface area contributed by atoms with Crippen LogP contribution >= 0.6 is 0 Å². The molecule has 0 unspecified atom stereocenters. The first-order valence-corrected chi connectivity index (χ1v) is 9.42. The Hall–Kier alpha value is -4.00. The van der Waals surface area contributed by atoms with Gasteiger partial charge in [0.05, 0.1) is 25.6 Å². The molecule has 0 saturated heterocycles. The maximum absolute atomic E-state index is 12.4. The Bertz CT molecular complexity index is 1200.